The van der Waals surface area contributed by atoms with Gasteiger partial charge in [-0.25, -0.2) is 0 Å². The summed E-state index contributed by atoms with van der Waals surface area (Å²) < 4.78 is 0.914. The van der Waals surface area contributed by atoms with E-state index in [1.807, 2.05) is 18.2 Å². The van der Waals surface area contributed by atoms with Crippen LogP contribution in [0.1, 0.15) is 18.4 Å². The highest BCUT2D eigenvalue weighted by molar-refractivity contribution is 9.10. The van der Waals surface area contributed by atoms with Crippen LogP contribution in [0, 0.1) is 0 Å². The van der Waals surface area contributed by atoms with Crippen LogP contribution in [0.2, 0.25) is 5.02 Å². The molecule has 70 valence electrons. The van der Waals surface area contributed by atoms with Crippen LogP contribution in [0.15, 0.2) is 22.7 Å². The summed E-state index contributed by atoms with van der Waals surface area (Å²) in [5.41, 5.74) is 0.639. The van der Waals surface area contributed by atoms with Crippen LogP contribution in [0.25, 0.3) is 0 Å². The monoisotopic (exact) mass is 260 g/mol. The quantitative estimate of drug-likeness (QED) is 0.867. The third kappa shape index (κ3) is 2.06. The van der Waals surface area contributed by atoms with Gasteiger partial charge in [-0.1, -0.05) is 23.7 Å². The van der Waals surface area contributed by atoms with E-state index in [1.54, 1.807) is 0 Å². The van der Waals surface area contributed by atoms with Crippen molar-refractivity contribution in [2.75, 3.05) is 0 Å². The molecule has 1 aliphatic rings. The fourth-order valence-corrected chi connectivity index (χ4v) is 1.96. The number of hydrogen-bond acceptors (Lipinski definition) is 1. The van der Waals surface area contributed by atoms with Crippen LogP contribution in [0.4, 0.5) is 0 Å². The van der Waals surface area contributed by atoms with Gasteiger partial charge in [0, 0.05) is 10.9 Å². The minimum absolute atomic E-state index is 0.451. The molecule has 0 atom stereocenters. The molecule has 2 rings (SSSR count). The van der Waals surface area contributed by atoms with Crippen LogP contribution in [0.5, 0.6) is 0 Å². The van der Waals surface area contributed by atoms with Crippen LogP contribution in [-0.4, -0.2) is 10.7 Å². The Morgan fingerprint density at radius 1 is 1.46 bits per heavy atom. The maximum absolute atomic E-state index is 9.73. The molecule has 0 amide bonds. The standard InChI is InChI=1S/C10H10BrClO/c11-9-7(2-1-3-8(9)12)6-10(13)4-5-10/h1-3,13H,4-6H2. The second kappa shape index (κ2) is 3.26. The molecular formula is C10H10BrClO. The van der Waals surface area contributed by atoms with Crippen molar-refractivity contribution >= 4 is 27.5 Å². The van der Waals surface area contributed by atoms with Gasteiger partial charge >= 0.3 is 0 Å². The van der Waals surface area contributed by atoms with Gasteiger partial charge in [0.2, 0.25) is 0 Å². The van der Waals surface area contributed by atoms with Crippen molar-refractivity contribution in [1.82, 2.24) is 0 Å². The highest BCUT2D eigenvalue weighted by atomic mass is 79.9. The van der Waals surface area contributed by atoms with E-state index in [2.05, 4.69) is 15.9 Å². The molecule has 3 heteroatoms. The van der Waals surface area contributed by atoms with Gasteiger partial charge in [-0.3, -0.25) is 0 Å². The largest absolute Gasteiger partial charge is 0.390 e. The molecule has 13 heavy (non-hydrogen) atoms. The first-order valence-corrected chi connectivity index (χ1v) is 5.43. The van der Waals surface area contributed by atoms with Crippen molar-refractivity contribution in [3.63, 3.8) is 0 Å². The first-order valence-electron chi connectivity index (χ1n) is 4.26. The summed E-state index contributed by atoms with van der Waals surface area (Å²) in [6.45, 7) is 0. The molecule has 0 unspecified atom stereocenters. The fraction of sp³-hybridized carbons (Fsp3) is 0.400. The summed E-state index contributed by atoms with van der Waals surface area (Å²) >= 11 is 9.35. The molecule has 0 saturated heterocycles. The molecule has 1 aromatic carbocycles. The molecule has 1 fully saturated rings. The van der Waals surface area contributed by atoms with Crippen molar-refractivity contribution in [3.8, 4) is 0 Å². The van der Waals surface area contributed by atoms with Gasteiger partial charge in [-0.05, 0) is 40.4 Å². The average Bonchev–Trinajstić information content (AvgIpc) is 2.78. The Bertz CT molecular complexity index is 334. The first kappa shape index (κ1) is 9.50. The molecule has 1 saturated carbocycles. The van der Waals surface area contributed by atoms with Crippen LogP contribution in [-0.2, 0) is 6.42 Å². The van der Waals surface area contributed by atoms with Crippen molar-refractivity contribution in [1.29, 1.82) is 0 Å². The number of rotatable bonds is 2. The molecule has 1 aromatic rings. The normalized spacial score (nSPS) is 18.7. The Morgan fingerprint density at radius 2 is 2.15 bits per heavy atom. The molecule has 0 bridgehead atoms. The molecule has 1 nitrogen and oxygen atoms in total. The molecule has 0 aliphatic heterocycles. The number of hydrogen-bond donors (Lipinski definition) is 1. The topological polar surface area (TPSA) is 20.2 Å². The van der Waals surface area contributed by atoms with Gasteiger partial charge < -0.3 is 5.11 Å². The van der Waals surface area contributed by atoms with Gasteiger partial charge in [0.05, 0.1) is 10.6 Å². The predicted molar refractivity (Wildman–Crippen MR) is 57.0 cm³/mol. The maximum Gasteiger partial charge on any atom is 0.0690 e. The summed E-state index contributed by atoms with van der Waals surface area (Å²) in [4.78, 5) is 0. The van der Waals surface area contributed by atoms with E-state index in [9.17, 15) is 5.11 Å². The van der Waals surface area contributed by atoms with Gasteiger partial charge in [-0.2, -0.15) is 0 Å². The average molecular weight is 262 g/mol. The van der Waals surface area contributed by atoms with Gasteiger partial charge in [0.1, 0.15) is 0 Å². The summed E-state index contributed by atoms with van der Waals surface area (Å²) in [7, 11) is 0. The zero-order valence-electron chi connectivity index (χ0n) is 7.06. The Morgan fingerprint density at radius 3 is 2.77 bits per heavy atom. The molecule has 0 aromatic heterocycles. The van der Waals surface area contributed by atoms with Crippen molar-refractivity contribution in [3.05, 3.63) is 33.3 Å². The molecular weight excluding hydrogens is 251 g/mol. The molecule has 0 heterocycles. The van der Waals surface area contributed by atoms with Crippen molar-refractivity contribution in [2.45, 2.75) is 24.9 Å². The molecule has 0 spiro atoms. The number of halogens is 2. The summed E-state index contributed by atoms with van der Waals surface area (Å²) in [5, 5.41) is 10.4. The van der Waals surface area contributed by atoms with E-state index >= 15 is 0 Å². The highest BCUT2D eigenvalue weighted by Crippen LogP contribution is 2.40. The van der Waals surface area contributed by atoms with Crippen LogP contribution in [0.3, 0.4) is 0 Å². The van der Waals surface area contributed by atoms with Gasteiger partial charge in [-0.15, -0.1) is 0 Å². The third-order valence-electron chi connectivity index (χ3n) is 2.38. The summed E-state index contributed by atoms with van der Waals surface area (Å²) in [6, 6.07) is 5.74. The molecule has 0 radical (unpaired) electrons. The van der Waals surface area contributed by atoms with Gasteiger partial charge in [0.25, 0.3) is 0 Å². The zero-order chi connectivity index (χ0) is 9.47. The molecule has 1 aliphatic carbocycles. The Hall–Kier alpha value is -0.0500. The first-order chi connectivity index (χ1) is 6.11. The minimum atomic E-state index is -0.451. The number of aliphatic hydroxyl groups is 1. The Kier molecular flexibility index (Phi) is 2.39. The lowest BCUT2D eigenvalue weighted by atomic mass is 10.1. The summed E-state index contributed by atoms with van der Waals surface area (Å²) in [5.74, 6) is 0. The lowest BCUT2D eigenvalue weighted by Crippen LogP contribution is -2.10. The van der Waals surface area contributed by atoms with E-state index in [1.165, 1.54) is 0 Å². The van der Waals surface area contributed by atoms with E-state index in [0.29, 0.717) is 11.4 Å². The maximum atomic E-state index is 9.73. The smallest absolute Gasteiger partial charge is 0.0690 e. The lowest BCUT2D eigenvalue weighted by molar-refractivity contribution is 0.151. The molecule has 1 N–H and O–H groups in total. The van der Waals surface area contributed by atoms with Crippen molar-refractivity contribution < 1.29 is 5.11 Å². The van der Waals surface area contributed by atoms with Crippen LogP contribution < -0.4 is 0 Å². The lowest BCUT2D eigenvalue weighted by Gasteiger charge is -2.09. The Labute approximate surface area is 90.9 Å². The second-order valence-corrected chi connectivity index (χ2v) is 4.81. The van der Waals surface area contributed by atoms with E-state index in [0.717, 1.165) is 22.9 Å². The zero-order valence-corrected chi connectivity index (χ0v) is 9.40. The SMILES string of the molecule is OC1(Cc2cccc(Cl)c2Br)CC1. The predicted octanol–water partition coefficient (Wildman–Crippen LogP) is 3.17. The van der Waals surface area contributed by atoms with E-state index in [4.69, 9.17) is 11.6 Å². The van der Waals surface area contributed by atoms with Gasteiger partial charge in [0.15, 0.2) is 0 Å². The minimum Gasteiger partial charge on any atom is -0.390 e. The van der Waals surface area contributed by atoms with Crippen molar-refractivity contribution in [2.24, 2.45) is 0 Å². The Balaban J connectivity index is 2.25. The summed E-state index contributed by atoms with van der Waals surface area (Å²) in [6.07, 6.45) is 2.52. The third-order valence-corrected chi connectivity index (χ3v) is 3.86. The fourth-order valence-electron chi connectivity index (χ4n) is 1.36. The van der Waals surface area contributed by atoms with Crippen LogP contribution >= 0.6 is 27.5 Å². The van der Waals surface area contributed by atoms with E-state index < -0.39 is 5.60 Å². The number of benzene rings is 1. The second-order valence-electron chi connectivity index (χ2n) is 3.61. The van der Waals surface area contributed by atoms with E-state index in [-0.39, 0.29) is 0 Å². The highest BCUT2D eigenvalue weighted by Gasteiger charge is 2.40.